The van der Waals surface area contributed by atoms with Gasteiger partial charge >= 0.3 is 0 Å². The van der Waals surface area contributed by atoms with Gasteiger partial charge in [-0.1, -0.05) is 18.2 Å². The van der Waals surface area contributed by atoms with E-state index in [0.717, 1.165) is 0 Å². The monoisotopic (exact) mass is 384 g/mol. The van der Waals surface area contributed by atoms with Crippen LogP contribution < -0.4 is 10.7 Å². The first-order chi connectivity index (χ1) is 13.0. The van der Waals surface area contributed by atoms with Crippen LogP contribution in [-0.4, -0.2) is 16.3 Å². The number of benzene rings is 2. The summed E-state index contributed by atoms with van der Waals surface area (Å²) < 4.78 is 18.7. The Morgan fingerprint density at radius 3 is 2.78 bits per heavy atom. The quantitative estimate of drug-likeness (QED) is 0.295. The molecule has 0 atom stereocenters. The summed E-state index contributed by atoms with van der Waals surface area (Å²) in [7, 11) is 0. The molecule has 3 aromatic rings. The number of nitrogens with zero attached hydrogens (tertiary/aromatic N) is 2. The van der Waals surface area contributed by atoms with Crippen molar-refractivity contribution >= 4 is 34.9 Å². The average Bonchev–Trinajstić information content (AvgIpc) is 3.11. The highest BCUT2D eigenvalue weighted by atomic mass is 32.1. The molecule has 1 aromatic heterocycles. The van der Waals surface area contributed by atoms with Crippen molar-refractivity contribution in [3.63, 3.8) is 0 Å². The van der Waals surface area contributed by atoms with Crippen molar-refractivity contribution in [1.29, 1.82) is 0 Å². The molecule has 0 aliphatic heterocycles. The first-order valence-corrected chi connectivity index (χ1v) is 8.12. The standard InChI is InChI=1S/C18H13FN4O3S/c19-13-4-2-5-14(10-13)21-18(27)22-20-11-16-7-8-17(26-16)12-3-1-6-15(9-12)23(24)25/h1-11H,(H2,21,22,27)/b20-11-. The van der Waals surface area contributed by atoms with Crippen LogP contribution in [-0.2, 0) is 0 Å². The summed E-state index contributed by atoms with van der Waals surface area (Å²) in [5.74, 6) is 0.522. The maximum absolute atomic E-state index is 13.1. The Bertz CT molecular complexity index is 1020. The lowest BCUT2D eigenvalue weighted by atomic mass is 10.1. The van der Waals surface area contributed by atoms with Gasteiger partial charge in [-0.3, -0.25) is 15.5 Å². The summed E-state index contributed by atoms with van der Waals surface area (Å²) in [5.41, 5.74) is 3.65. The van der Waals surface area contributed by atoms with E-state index in [1.807, 2.05) is 0 Å². The molecule has 7 nitrogen and oxygen atoms in total. The Morgan fingerprint density at radius 1 is 1.19 bits per heavy atom. The Morgan fingerprint density at radius 2 is 2.00 bits per heavy atom. The molecule has 0 unspecified atom stereocenters. The Hall–Kier alpha value is -3.59. The zero-order valence-electron chi connectivity index (χ0n) is 13.8. The Balaban J connectivity index is 1.61. The van der Waals surface area contributed by atoms with E-state index in [9.17, 15) is 14.5 Å². The number of nitro groups is 1. The zero-order chi connectivity index (χ0) is 19.2. The predicted molar refractivity (Wildman–Crippen MR) is 104 cm³/mol. The molecule has 0 spiro atoms. The second-order valence-electron chi connectivity index (χ2n) is 5.34. The van der Waals surface area contributed by atoms with E-state index in [1.54, 1.807) is 36.4 Å². The number of hydrazone groups is 1. The molecule has 2 N–H and O–H groups in total. The van der Waals surface area contributed by atoms with Gasteiger partial charge in [0.15, 0.2) is 5.11 Å². The van der Waals surface area contributed by atoms with E-state index in [4.69, 9.17) is 16.6 Å². The maximum atomic E-state index is 13.1. The fraction of sp³-hybridized carbons (Fsp3) is 0. The van der Waals surface area contributed by atoms with Crippen LogP contribution in [0.4, 0.5) is 15.8 Å². The van der Waals surface area contributed by atoms with Crippen molar-refractivity contribution in [2.45, 2.75) is 0 Å². The molecule has 0 fully saturated rings. The summed E-state index contributed by atoms with van der Waals surface area (Å²) in [6.45, 7) is 0. The summed E-state index contributed by atoms with van der Waals surface area (Å²) in [4.78, 5) is 10.4. The van der Waals surface area contributed by atoms with Crippen molar-refractivity contribution in [2.75, 3.05) is 5.32 Å². The SMILES string of the molecule is O=[N+]([O-])c1cccc(-c2ccc(/C=N\NC(=S)Nc3cccc(F)c3)o2)c1. The minimum atomic E-state index is -0.467. The number of hydrogen-bond donors (Lipinski definition) is 2. The number of hydrogen-bond acceptors (Lipinski definition) is 5. The van der Waals surface area contributed by atoms with E-state index >= 15 is 0 Å². The van der Waals surface area contributed by atoms with Crippen molar-refractivity contribution in [2.24, 2.45) is 5.10 Å². The van der Waals surface area contributed by atoms with Crippen LogP contribution in [0.3, 0.4) is 0 Å². The lowest BCUT2D eigenvalue weighted by molar-refractivity contribution is -0.384. The molecule has 0 saturated carbocycles. The van der Waals surface area contributed by atoms with Crippen LogP contribution in [0, 0.1) is 15.9 Å². The minimum Gasteiger partial charge on any atom is -0.455 e. The van der Waals surface area contributed by atoms with Gasteiger partial charge in [-0.05, 0) is 42.5 Å². The molecular formula is C18H13FN4O3S. The van der Waals surface area contributed by atoms with Crippen LogP contribution >= 0.6 is 12.2 Å². The van der Waals surface area contributed by atoms with Gasteiger partial charge in [0.1, 0.15) is 17.3 Å². The molecule has 3 rings (SSSR count). The summed E-state index contributed by atoms with van der Waals surface area (Å²) >= 11 is 5.06. The number of anilines is 1. The Kier molecular flexibility index (Phi) is 5.53. The van der Waals surface area contributed by atoms with Gasteiger partial charge in [0.25, 0.3) is 5.69 Å². The van der Waals surface area contributed by atoms with Gasteiger partial charge in [0, 0.05) is 23.4 Å². The normalized spacial score (nSPS) is 10.7. The lowest BCUT2D eigenvalue weighted by Crippen LogP contribution is -2.23. The summed E-state index contributed by atoms with van der Waals surface area (Å²) in [6, 6.07) is 15.3. The van der Waals surface area contributed by atoms with E-state index in [0.29, 0.717) is 22.8 Å². The van der Waals surface area contributed by atoms with E-state index in [2.05, 4.69) is 15.8 Å². The van der Waals surface area contributed by atoms with Gasteiger partial charge in [-0.15, -0.1) is 0 Å². The lowest BCUT2D eigenvalue weighted by Gasteiger charge is -2.06. The van der Waals surface area contributed by atoms with Crippen molar-refractivity contribution < 1.29 is 13.7 Å². The Labute approximate surface area is 158 Å². The van der Waals surface area contributed by atoms with Gasteiger partial charge in [0.05, 0.1) is 11.1 Å². The number of non-ortho nitro benzene ring substituents is 1. The highest BCUT2D eigenvalue weighted by molar-refractivity contribution is 7.80. The zero-order valence-corrected chi connectivity index (χ0v) is 14.6. The molecular weight excluding hydrogens is 371 g/mol. The number of halogens is 1. The van der Waals surface area contributed by atoms with Gasteiger partial charge < -0.3 is 9.73 Å². The maximum Gasteiger partial charge on any atom is 0.270 e. The molecule has 2 aromatic carbocycles. The van der Waals surface area contributed by atoms with Crippen LogP contribution in [0.2, 0.25) is 0 Å². The summed E-state index contributed by atoms with van der Waals surface area (Å²) in [6.07, 6.45) is 1.40. The first-order valence-electron chi connectivity index (χ1n) is 7.71. The third-order valence-corrected chi connectivity index (χ3v) is 3.60. The molecule has 0 aliphatic rings. The third-order valence-electron chi connectivity index (χ3n) is 3.41. The third kappa shape index (κ3) is 4.95. The number of furan rings is 1. The molecule has 27 heavy (non-hydrogen) atoms. The second kappa shape index (κ2) is 8.19. The molecule has 0 aliphatic carbocycles. The van der Waals surface area contributed by atoms with E-state index in [1.165, 1.54) is 30.5 Å². The summed E-state index contributed by atoms with van der Waals surface area (Å²) in [5, 5.41) is 17.8. The molecule has 0 saturated heterocycles. The smallest absolute Gasteiger partial charge is 0.270 e. The highest BCUT2D eigenvalue weighted by Gasteiger charge is 2.09. The minimum absolute atomic E-state index is 0.0189. The van der Waals surface area contributed by atoms with Crippen LogP contribution in [0.15, 0.2) is 70.2 Å². The van der Waals surface area contributed by atoms with Crippen molar-refractivity contribution in [3.05, 3.63) is 82.4 Å². The van der Waals surface area contributed by atoms with Crippen molar-refractivity contribution in [1.82, 2.24) is 5.43 Å². The van der Waals surface area contributed by atoms with Crippen LogP contribution in [0.25, 0.3) is 11.3 Å². The molecule has 136 valence electrons. The van der Waals surface area contributed by atoms with Gasteiger partial charge in [-0.25, -0.2) is 4.39 Å². The van der Waals surface area contributed by atoms with E-state index in [-0.39, 0.29) is 16.6 Å². The van der Waals surface area contributed by atoms with E-state index < -0.39 is 4.92 Å². The number of thiocarbonyl (C=S) groups is 1. The molecule has 1 heterocycles. The molecule has 0 bridgehead atoms. The van der Waals surface area contributed by atoms with Gasteiger partial charge in [0.2, 0.25) is 0 Å². The first kappa shape index (κ1) is 18.2. The number of nitrogens with one attached hydrogen (secondary N) is 2. The number of nitro benzene ring substituents is 1. The number of rotatable bonds is 5. The molecule has 0 radical (unpaired) electrons. The molecule has 0 amide bonds. The highest BCUT2D eigenvalue weighted by Crippen LogP contribution is 2.25. The largest absolute Gasteiger partial charge is 0.455 e. The van der Waals surface area contributed by atoms with Gasteiger partial charge in [-0.2, -0.15) is 5.10 Å². The second-order valence-corrected chi connectivity index (χ2v) is 5.75. The fourth-order valence-electron chi connectivity index (χ4n) is 2.23. The van der Waals surface area contributed by atoms with Crippen LogP contribution in [0.1, 0.15) is 5.76 Å². The van der Waals surface area contributed by atoms with Crippen LogP contribution in [0.5, 0.6) is 0 Å². The fourth-order valence-corrected chi connectivity index (χ4v) is 2.40. The topological polar surface area (TPSA) is 92.7 Å². The van der Waals surface area contributed by atoms with Crippen molar-refractivity contribution in [3.8, 4) is 11.3 Å². The molecule has 9 heteroatoms. The average molecular weight is 384 g/mol. The predicted octanol–water partition coefficient (Wildman–Crippen LogP) is 4.31.